The van der Waals surface area contributed by atoms with E-state index < -0.39 is 0 Å². The van der Waals surface area contributed by atoms with Crippen molar-refractivity contribution in [3.8, 4) is 11.5 Å². The summed E-state index contributed by atoms with van der Waals surface area (Å²) in [4.78, 5) is 27.2. The van der Waals surface area contributed by atoms with E-state index in [4.69, 9.17) is 9.47 Å². The molecular formula is C22H24N2O4. The number of benzene rings is 2. The van der Waals surface area contributed by atoms with Crippen molar-refractivity contribution in [1.82, 2.24) is 4.90 Å². The number of fused-ring (bicyclic) bond motifs is 1. The first kappa shape index (κ1) is 18.3. The first-order valence-electron chi connectivity index (χ1n) is 9.58. The molecule has 6 heteroatoms. The molecule has 0 saturated carbocycles. The van der Waals surface area contributed by atoms with Gasteiger partial charge in [-0.05, 0) is 51.0 Å². The zero-order chi connectivity index (χ0) is 19.7. The molecule has 2 heterocycles. The molecule has 0 atom stereocenters. The van der Waals surface area contributed by atoms with Gasteiger partial charge in [-0.15, -0.1) is 0 Å². The summed E-state index contributed by atoms with van der Waals surface area (Å²) in [6.07, 6.45) is 1.32. The fourth-order valence-corrected chi connectivity index (χ4v) is 3.84. The van der Waals surface area contributed by atoms with E-state index in [2.05, 4.69) is 11.4 Å². The predicted octanol–water partition coefficient (Wildman–Crippen LogP) is 3.52. The largest absolute Gasteiger partial charge is 0.454 e. The second-order valence-electron chi connectivity index (χ2n) is 7.50. The highest BCUT2D eigenvalue weighted by Gasteiger charge is 2.28. The molecular weight excluding hydrogens is 356 g/mol. The molecule has 1 N–H and O–H groups in total. The van der Waals surface area contributed by atoms with Crippen LogP contribution in [0.25, 0.3) is 0 Å². The molecule has 0 spiro atoms. The van der Waals surface area contributed by atoms with Crippen LogP contribution in [-0.2, 0) is 4.79 Å². The minimum atomic E-state index is -0.103. The molecule has 2 aromatic rings. The van der Waals surface area contributed by atoms with Crippen molar-refractivity contribution >= 4 is 17.5 Å². The zero-order valence-electron chi connectivity index (χ0n) is 16.2. The van der Waals surface area contributed by atoms with Crippen molar-refractivity contribution in [2.24, 2.45) is 5.92 Å². The number of amides is 2. The fraction of sp³-hybridized carbons (Fsp3) is 0.364. The van der Waals surface area contributed by atoms with Crippen LogP contribution < -0.4 is 14.8 Å². The smallest absolute Gasteiger partial charge is 0.253 e. The van der Waals surface area contributed by atoms with Crippen molar-refractivity contribution in [3.05, 3.63) is 53.1 Å². The summed E-state index contributed by atoms with van der Waals surface area (Å²) in [5.41, 5.74) is 3.59. The number of carbonyl (C=O) groups is 2. The first-order valence-corrected chi connectivity index (χ1v) is 9.58. The monoisotopic (exact) mass is 380 g/mol. The SMILES string of the molecule is Cc1cc(C)cc(C(=O)N2CCC(C(=O)Nc3ccc4c(c3)OCO4)CC2)c1. The molecule has 28 heavy (non-hydrogen) atoms. The van der Waals surface area contributed by atoms with Gasteiger partial charge in [0.15, 0.2) is 11.5 Å². The van der Waals surface area contributed by atoms with Gasteiger partial charge >= 0.3 is 0 Å². The minimum absolute atomic E-state index is 0.0163. The Morgan fingerprint density at radius 1 is 0.964 bits per heavy atom. The van der Waals surface area contributed by atoms with Crippen LogP contribution in [0.5, 0.6) is 11.5 Å². The molecule has 4 rings (SSSR count). The Labute approximate surface area is 164 Å². The number of anilines is 1. The third kappa shape index (κ3) is 3.81. The predicted molar refractivity (Wildman–Crippen MR) is 106 cm³/mol. The number of aryl methyl sites for hydroxylation is 2. The van der Waals surface area contributed by atoms with E-state index >= 15 is 0 Å². The van der Waals surface area contributed by atoms with Crippen LogP contribution in [0.4, 0.5) is 5.69 Å². The molecule has 0 aromatic heterocycles. The van der Waals surface area contributed by atoms with Crippen molar-refractivity contribution < 1.29 is 19.1 Å². The Morgan fingerprint density at radius 2 is 1.64 bits per heavy atom. The number of likely N-dealkylation sites (tertiary alicyclic amines) is 1. The van der Waals surface area contributed by atoms with Crippen molar-refractivity contribution in [2.75, 3.05) is 25.2 Å². The molecule has 2 aromatic carbocycles. The Balaban J connectivity index is 1.34. The van der Waals surface area contributed by atoms with Gasteiger partial charge in [0.2, 0.25) is 12.7 Å². The molecule has 1 fully saturated rings. The highest BCUT2D eigenvalue weighted by atomic mass is 16.7. The van der Waals surface area contributed by atoms with Gasteiger partial charge in [0.25, 0.3) is 5.91 Å². The number of nitrogens with one attached hydrogen (secondary N) is 1. The summed E-state index contributed by atoms with van der Waals surface area (Å²) in [7, 11) is 0. The summed E-state index contributed by atoms with van der Waals surface area (Å²) < 4.78 is 10.6. The summed E-state index contributed by atoms with van der Waals surface area (Å²) in [6.45, 7) is 5.38. The third-order valence-electron chi connectivity index (χ3n) is 5.26. The molecule has 6 nitrogen and oxygen atoms in total. The van der Waals surface area contributed by atoms with Gasteiger partial charge in [0, 0.05) is 36.3 Å². The molecule has 0 unspecified atom stereocenters. The molecule has 0 bridgehead atoms. The first-order chi connectivity index (χ1) is 13.5. The fourth-order valence-electron chi connectivity index (χ4n) is 3.84. The number of carbonyl (C=O) groups excluding carboxylic acids is 2. The van der Waals surface area contributed by atoms with Crippen molar-refractivity contribution in [1.29, 1.82) is 0 Å². The maximum Gasteiger partial charge on any atom is 0.253 e. The lowest BCUT2D eigenvalue weighted by Crippen LogP contribution is -2.41. The van der Waals surface area contributed by atoms with E-state index in [1.54, 1.807) is 12.1 Å². The van der Waals surface area contributed by atoms with Gasteiger partial charge in [0.05, 0.1) is 0 Å². The number of hydrogen-bond acceptors (Lipinski definition) is 4. The average molecular weight is 380 g/mol. The van der Waals surface area contributed by atoms with Crippen LogP contribution in [0.15, 0.2) is 36.4 Å². The highest BCUT2D eigenvalue weighted by Crippen LogP contribution is 2.34. The molecule has 0 radical (unpaired) electrons. The zero-order valence-corrected chi connectivity index (χ0v) is 16.2. The van der Waals surface area contributed by atoms with Crippen molar-refractivity contribution in [2.45, 2.75) is 26.7 Å². The Hall–Kier alpha value is -3.02. The number of ether oxygens (including phenoxy) is 2. The van der Waals surface area contributed by atoms with Crippen molar-refractivity contribution in [3.63, 3.8) is 0 Å². The maximum absolute atomic E-state index is 12.8. The Morgan fingerprint density at radius 3 is 2.36 bits per heavy atom. The number of nitrogens with zero attached hydrogens (tertiary/aromatic N) is 1. The van der Waals surface area contributed by atoms with Gasteiger partial charge in [0.1, 0.15) is 0 Å². The lowest BCUT2D eigenvalue weighted by atomic mass is 9.95. The summed E-state index contributed by atoms with van der Waals surface area (Å²) in [5, 5.41) is 2.95. The molecule has 1 saturated heterocycles. The number of hydrogen-bond donors (Lipinski definition) is 1. The second kappa shape index (κ2) is 7.54. The molecule has 2 amide bonds. The highest BCUT2D eigenvalue weighted by molar-refractivity contribution is 5.95. The Bertz CT molecular complexity index is 896. The van der Waals surface area contributed by atoms with E-state index in [1.807, 2.05) is 36.9 Å². The van der Waals surface area contributed by atoms with Gasteiger partial charge < -0.3 is 19.7 Å². The lowest BCUT2D eigenvalue weighted by Gasteiger charge is -2.31. The van der Waals surface area contributed by atoms with Crippen LogP contribution in [0.3, 0.4) is 0 Å². The maximum atomic E-state index is 12.8. The van der Waals surface area contributed by atoms with E-state index in [-0.39, 0.29) is 24.5 Å². The normalized spacial score (nSPS) is 16.1. The van der Waals surface area contributed by atoms with Crippen LogP contribution in [-0.4, -0.2) is 36.6 Å². The third-order valence-corrected chi connectivity index (χ3v) is 5.26. The van der Waals surface area contributed by atoms with E-state index in [9.17, 15) is 9.59 Å². The Kier molecular flexibility index (Phi) is 4.94. The summed E-state index contributed by atoms with van der Waals surface area (Å²) in [5.74, 6) is 1.26. The summed E-state index contributed by atoms with van der Waals surface area (Å²) >= 11 is 0. The minimum Gasteiger partial charge on any atom is -0.454 e. The van der Waals surface area contributed by atoms with Crippen LogP contribution in [0, 0.1) is 19.8 Å². The van der Waals surface area contributed by atoms with E-state index in [1.165, 1.54) is 0 Å². The number of rotatable bonds is 3. The standard InChI is InChI=1S/C22H24N2O4/c1-14-9-15(2)11-17(10-14)22(26)24-7-5-16(6-8-24)21(25)23-18-3-4-19-20(12-18)28-13-27-19/h3-4,9-12,16H,5-8,13H2,1-2H3,(H,23,25). The lowest BCUT2D eigenvalue weighted by molar-refractivity contribution is -0.121. The van der Waals surface area contributed by atoms with E-state index in [0.29, 0.717) is 43.1 Å². The summed E-state index contributed by atoms with van der Waals surface area (Å²) in [6, 6.07) is 11.3. The molecule has 2 aliphatic heterocycles. The topological polar surface area (TPSA) is 67.9 Å². The number of piperidine rings is 1. The second-order valence-corrected chi connectivity index (χ2v) is 7.50. The van der Waals surface area contributed by atoms with Gasteiger partial charge in [-0.1, -0.05) is 17.2 Å². The van der Waals surface area contributed by atoms with Crippen LogP contribution >= 0.6 is 0 Å². The van der Waals surface area contributed by atoms with Gasteiger partial charge in [-0.25, -0.2) is 0 Å². The van der Waals surface area contributed by atoms with Crippen LogP contribution in [0.1, 0.15) is 34.3 Å². The average Bonchev–Trinajstić information content (AvgIpc) is 3.14. The molecule has 146 valence electrons. The van der Waals surface area contributed by atoms with Gasteiger partial charge in [-0.3, -0.25) is 9.59 Å². The van der Waals surface area contributed by atoms with Gasteiger partial charge in [-0.2, -0.15) is 0 Å². The van der Waals surface area contributed by atoms with E-state index in [0.717, 1.165) is 16.7 Å². The van der Waals surface area contributed by atoms with Crippen LogP contribution in [0.2, 0.25) is 0 Å². The molecule has 2 aliphatic rings. The quantitative estimate of drug-likeness (QED) is 0.885. The molecule has 0 aliphatic carbocycles.